The van der Waals surface area contributed by atoms with E-state index in [1.54, 1.807) is 6.20 Å². The van der Waals surface area contributed by atoms with E-state index in [9.17, 15) is 9.59 Å². The molecule has 1 unspecified atom stereocenters. The maximum absolute atomic E-state index is 12.7. The fourth-order valence-electron chi connectivity index (χ4n) is 4.88. The third-order valence-corrected chi connectivity index (χ3v) is 6.30. The normalized spacial score (nSPS) is 19.4. The van der Waals surface area contributed by atoms with Crippen molar-refractivity contribution >= 4 is 17.9 Å². The molecule has 0 radical (unpaired) electrons. The van der Waals surface area contributed by atoms with Crippen LogP contribution in [0.5, 0.6) is 0 Å². The molecule has 2 aliphatic rings. The zero-order valence-corrected chi connectivity index (χ0v) is 19.1. The van der Waals surface area contributed by atoms with Crippen molar-refractivity contribution < 1.29 is 19.1 Å². The lowest BCUT2D eigenvalue weighted by Crippen LogP contribution is -2.48. The zero-order chi connectivity index (χ0) is 22.9. The van der Waals surface area contributed by atoms with E-state index < -0.39 is 17.7 Å². The number of hydrogen-bond donors (Lipinski definition) is 1. The highest BCUT2D eigenvalue weighted by atomic mass is 16.6. The second-order valence-electron chi connectivity index (χ2n) is 9.52. The highest BCUT2D eigenvalue weighted by molar-refractivity contribution is 5.92. The third-order valence-electron chi connectivity index (χ3n) is 6.30. The summed E-state index contributed by atoms with van der Waals surface area (Å²) in [4.78, 5) is 35.5. The SMILES string of the molecule is COC(=O)c1nccnc1N1CCC2(CC1)Cc1ccccc1C2NC(=O)OC(C)(C)C. The Hall–Kier alpha value is -3.16. The van der Waals surface area contributed by atoms with Crippen molar-refractivity contribution in [2.75, 3.05) is 25.1 Å². The van der Waals surface area contributed by atoms with Gasteiger partial charge in [0.05, 0.1) is 13.2 Å². The first-order chi connectivity index (χ1) is 15.2. The van der Waals surface area contributed by atoms with Crippen LogP contribution in [0.3, 0.4) is 0 Å². The molecule has 4 rings (SSSR count). The van der Waals surface area contributed by atoms with Gasteiger partial charge in [-0.05, 0) is 51.2 Å². The molecule has 0 saturated carbocycles. The quantitative estimate of drug-likeness (QED) is 0.731. The summed E-state index contributed by atoms with van der Waals surface area (Å²) in [5.41, 5.74) is 1.96. The Morgan fingerprint density at radius 2 is 1.81 bits per heavy atom. The van der Waals surface area contributed by atoms with Crippen molar-refractivity contribution in [3.8, 4) is 0 Å². The highest BCUT2D eigenvalue weighted by Gasteiger charge is 2.49. The average Bonchev–Trinajstić information content (AvgIpc) is 3.05. The van der Waals surface area contributed by atoms with Crippen LogP contribution in [0.15, 0.2) is 36.7 Å². The number of ether oxygens (including phenoxy) is 2. The van der Waals surface area contributed by atoms with Gasteiger partial charge in [0.25, 0.3) is 0 Å². The summed E-state index contributed by atoms with van der Waals surface area (Å²) in [7, 11) is 1.34. The molecule has 1 N–H and O–H groups in total. The molecule has 170 valence electrons. The number of rotatable bonds is 3. The number of nitrogens with one attached hydrogen (secondary N) is 1. The minimum atomic E-state index is -0.561. The minimum absolute atomic E-state index is 0.120. The highest BCUT2D eigenvalue weighted by Crippen LogP contribution is 2.52. The molecule has 0 bridgehead atoms. The van der Waals surface area contributed by atoms with E-state index in [0.717, 1.165) is 24.8 Å². The molecule has 1 fully saturated rings. The van der Waals surface area contributed by atoms with E-state index in [4.69, 9.17) is 9.47 Å². The first-order valence-electron chi connectivity index (χ1n) is 10.9. The van der Waals surface area contributed by atoms with Gasteiger partial charge < -0.3 is 19.7 Å². The number of fused-ring (bicyclic) bond motifs is 1. The van der Waals surface area contributed by atoms with Crippen molar-refractivity contribution in [1.82, 2.24) is 15.3 Å². The van der Waals surface area contributed by atoms with Crippen LogP contribution in [0.4, 0.5) is 10.6 Å². The molecule has 1 aliphatic heterocycles. The number of nitrogens with zero attached hydrogens (tertiary/aromatic N) is 3. The predicted octanol–water partition coefficient (Wildman–Crippen LogP) is 3.67. The number of anilines is 1. The summed E-state index contributed by atoms with van der Waals surface area (Å²) in [5.74, 6) is 0.0486. The molecule has 2 aromatic rings. The Kier molecular flexibility index (Phi) is 5.79. The van der Waals surface area contributed by atoms with Crippen molar-refractivity contribution in [3.63, 3.8) is 0 Å². The first kappa shape index (κ1) is 22.0. The Morgan fingerprint density at radius 3 is 2.50 bits per heavy atom. The Morgan fingerprint density at radius 1 is 1.12 bits per heavy atom. The van der Waals surface area contributed by atoms with E-state index in [1.807, 2.05) is 32.9 Å². The van der Waals surface area contributed by atoms with Gasteiger partial charge in [-0.2, -0.15) is 0 Å². The fraction of sp³-hybridized carbons (Fsp3) is 0.500. The molecule has 1 aromatic carbocycles. The van der Waals surface area contributed by atoms with E-state index in [0.29, 0.717) is 18.9 Å². The number of piperidine rings is 1. The van der Waals surface area contributed by atoms with Gasteiger partial charge in [0, 0.05) is 30.9 Å². The summed E-state index contributed by atoms with van der Waals surface area (Å²) < 4.78 is 10.4. The number of benzene rings is 1. The van der Waals surface area contributed by atoms with Gasteiger partial charge in [-0.3, -0.25) is 0 Å². The smallest absolute Gasteiger partial charge is 0.408 e. The van der Waals surface area contributed by atoms with Crippen molar-refractivity contribution in [3.05, 3.63) is 53.5 Å². The number of hydrogen-bond acceptors (Lipinski definition) is 7. The van der Waals surface area contributed by atoms with E-state index in [1.165, 1.54) is 18.9 Å². The predicted molar refractivity (Wildman–Crippen MR) is 120 cm³/mol. The Balaban J connectivity index is 1.56. The fourth-order valence-corrected chi connectivity index (χ4v) is 4.88. The number of carbonyl (C=O) groups is 2. The van der Waals surface area contributed by atoms with Gasteiger partial charge in [0.15, 0.2) is 11.5 Å². The first-order valence-corrected chi connectivity index (χ1v) is 10.9. The third kappa shape index (κ3) is 4.26. The maximum Gasteiger partial charge on any atom is 0.408 e. The number of alkyl carbamates (subject to hydrolysis) is 1. The number of amides is 1. The number of methoxy groups -OCH3 is 1. The van der Waals surface area contributed by atoms with Crippen LogP contribution >= 0.6 is 0 Å². The number of aromatic nitrogens is 2. The molecule has 1 atom stereocenters. The molecule has 2 heterocycles. The summed E-state index contributed by atoms with van der Waals surface area (Å²) in [6.07, 6.45) is 5.24. The Bertz CT molecular complexity index is 1010. The second kappa shape index (κ2) is 8.41. The number of esters is 1. The van der Waals surface area contributed by atoms with Gasteiger partial charge in [0.2, 0.25) is 0 Å². The summed E-state index contributed by atoms with van der Waals surface area (Å²) in [6.45, 7) is 6.99. The molecule has 8 nitrogen and oxygen atoms in total. The molecule has 1 aromatic heterocycles. The molecular weight excluding hydrogens is 408 g/mol. The van der Waals surface area contributed by atoms with Gasteiger partial charge in [-0.15, -0.1) is 0 Å². The van der Waals surface area contributed by atoms with Crippen LogP contribution in [0, 0.1) is 5.41 Å². The van der Waals surface area contributed by atoms with Gasteiger partial charge >= 0.3 is 12.1 Å². The molecule has 1 spiro atoms. The molecule has 32 heavy (non-hydrogen) atoms. The maximum atomic E-state index is 12.7. The largest absolute Gasteiger partial charge is 0.464 e. The van der Waals surface area contributed by atoms with Crippen molar-refractivity contribution in [2.24, 2.45) is 5.41 Å². The molecule has 8 heteroatoms. The Labute approximate surface area is 188 Å². The molecular formula is C24H30N4O4. The van der Waals surface area contributed by atoms with E-state index >= 15 is 0 Å². The van der Waals surface area contributed by atoms with E-state index in [2.05, 4.69) is 32.3 Å². The van der Waals surface area contributed by atoms with Crippen molar-refractivity contribution in [2.45, 2.75) is 51.7 Å². The summed E-state index contributed by atoms with van der Waals surface area (Å²) in [6, 6.07) is 8.16. The van der Waals surface area contributed by atoms with Crippen LogP contribution < -0.4 is 10.2 Å². The van der Waals surface area contributed by atoms with Gasteiger partial charge in [-0.1, -0.05) is 24.3 Å². The lowest BCUT2D eigenvalue weighted by molar-refractivity contribution is 0.0426. The molecule has 1 saturated heterocycles. The van der Waals surface area contributed by atoms with Crippen LogP contribution in [0.1, 0.15) is 61.3 Å². The summed E-state index contributed by atoms with van der Waals surface area (Å²) in [5, 5.41) is 3.16. The topological polar surface area (TPSA) is 93.6 Å². The molecule has 1 amide bonds. The standard InChI is InChI=1S/C24H30N4O4/c1-23(2,3)32-22(30)27-19-17-8-6-5-7-16(17)15-24(19)9-13-28(14-10-24)20-18(21(29)31-4)25-11-12-26-20/h5-8,11-12,19H,9-10,13-15H2,1-4H3,(H,27,30). The monoisotopic (exact) mass is 438 g/mol. The second-order valence-corrected chi connectivity index (χ2v) is 9.52. The van der Waals surface area contributed by atoms with Crippen LogP contribution in [0.25, 0.3) is 0 Å². The van der Waals surface area contributed by atoms with Crippen LogP contribution in [0.2, 0.25) is 0 Å². The molecule has 1 aliphatic carbocycles. The number of carbonyl (C=O) groups excluding carboxylic acids is 2. The zero-order valence-electron chi connectivity index (χ0n) is 19.1. The van der Waals surface area contributed by atoms with E-state index in [-0.39, 0.29) is 17.2 Å². The summed E-state index contributed by atoms with van der Waals surface area (Å²) >= 11 is 0. The van der Waals surface area contributed by atoms with Gasteiger partial charge in [0.1, 0.15) is 5.60 Å². The van der Waals surface area contributed by atoms with Gasteiger partial charge in [-0.25, -0.2) is 19.6 Å². The average molecular weight is 439 g/mol. The van der Waals surface area contributed by atoms with Crippen LogP contribution in [-0.4, -0.2) is 47.8 Å². The minimum Gasteiger partial charge on any atom is -0.464 e. The van der Waals surface area contributed by atoms with Crippen molar-refractivity contribution in [1.29, 1.82) is 0 Å². The van der Waals surface area contributed by atoms with Crippen LogP contribution in [-0.2, 0) is 15.9 Å². The lowest BCUT2D eigenvalue weighted by Gasteiger charge is -2.44. The lowest BCUT2D eigenvalue weighted by atomic mass is 9.72.